The van der Waals surface area contributed by atoms with Crippen molar-refractivity contribution in [3.05, 3.63) is 0 Å². The van der Waals surface area contributed by atoms with E-state index in [0.29, 0.717) is 13.1 Å². The lowest BCUT2D eigenvalue weighted by Gasteiger charge is -2.05. The van der Waals surface area contributed by atoms with Gasteiger partial charge in [0.25, 0.3) is 5.24 Å². The number of carbonyl (C=O) groups excluding carboxylic acids is 2. The molecule has 0 aromatic rings. The molecule has 1 saturated heterocycles. The maximum Gasteiger partial charge on any atom is 0.276 e. The molecule has 1 aliphatic heterocycles. The summed E-state index contributed by atoms with van der Waals surface area (Å²) in [6, 6.07) is 0. The summed E-state index contributed by atoms with van der Waals surface area (Å²) in [6.45, 7) is 1.11. The third-order valence-corrected chi connectivity index (χ3v) is 1.82. The molecule has 0 radical (unpaired) electrons. The number of amides is 2. The SMILES string of the molecule is O=C(S)NC[C@@H]1CCNC1=O. The zero-order valence-electron chi connectivity index (χ0n) is 5.96. The first kappa shape index (κ1) is 8.39. The zero-order chi connectivity index (χ0) is 8.27. The molecule has 11 heavy (non-hydrogen) atoms. The molecule has 1 atom stereocenters. The van der Waals surface area contributed by atoms with E-state index in [1.165, 1.54) is 0 Å². The molecule has 2 N–H and O–H groups in total. The summed E-state index contributed by atoms with van der Waals surface area (Å²) in [7, 11) is 0. The molecule has 1 heterocycles. The van der Waals surface area contributed by atoms with Gasteiger partial charge in [0, 0.05) is 13.1 Å². The summed E-state index contributed by atoms with van der Waals surface area (Å²) >= 11 is 3.52. The highest BCUT2D eigenvalue weighted by atomic mass is 32.1. The van der Waals surface area contributed by atoms with Crippen molar-refractivity contribution in [3.63, 3.8) is 0 Å². The quantitative estimate of drug-likeness (QED) is 0.506. The van der Waals surface area contributed by atoms with Gasteiger partial charge in [-0.05, 0) is 6.42 Å². The van der Waals surface area contributed by atoms with E-state index in [1.807, 2.05) is 0 Å². The van der Waals surface area contributed by atoms with Crippen molar-refractivity contribution in [2.24, 2.45) is 5.92 Å². The van der Waals surface area contributed by atoms with Crippen molar-refractivity contribution >= 4 is 23.8 Å². The molecule has 2 amide bonds. The van der Waals surface area contributed by atoms with Crippen molar-refractivity contribution < 1.29 is 9.59 Å². The molecule has 1 aliphatic rings. The summed E-state index contributed by atoms with van der Waals surface area (Å²) in [4.78, 5) is 21.2. The molecule has 62 valence electrons. The van der Waals surface area contributed by atoms with Crippen LogP contribution >= 0.6 is 12.6 Å². The minimum absolute atomic E-state index is 0.0204. The highest BCUT2D eigenvalue weighted by molar-refractivity contribution is 7.96. The number of hydrogen-bond acceptors (Lipinski definition) is 2. The third kappa shape index (κ3) is 2.42. The van der Waals surface area contributed by atoms with Crippen LogP contribution in [0.3, 0.4) is 0 Å². The molecule has 1 fully saturated rings. The van der Waals surface area contributed by atoms with Crippen molar-refractivity contribution in [2.75, 3.05) is 13.1 Å². The van der Waals surface area contributed by atoms with Crippen molar-refractivity contribution in [3.8, 4) is 0 Å². The molecular formula is C6H10N2O2S. The second-order valence-electron chi connectivity index (χ2n) is 2.46. The van der Waals surface area contributed by atoms with Crippen molar-refractivity contribution in [1.29, 1.82) is 0 Å². The Morgan fingerprint density at radius 3 is 3.00 bits per heavy atom. The molecule has 1 rings (SSSR count). The minimum Gasteiger partial charge on any atom is -0.356 e. The van der Waals surface area contributed by atoms with E-state index < -0.39 is 0 Å². The highest BCUT2D eigenvalue weighted by Gasteiger charge is 2.23. The van der Waals surface area contributed by atoms with Crippen LogP contribution in [-0.4, -0.2) is 24.2 Å². The first-order chi connectivity index (χ1) is 5.20. The molecular weight excluding hydrogens is 164 g/mol. The van der Waals surface area contributed by atoms with E-state index in [0.717, 1.165) is 6.42 Å². The Morgan fingerprint density at radius 1 is 1.82 bits per heavy atom. The van der Waals surface area contributed by atoms with Crippen LogP contribution < -0.4 is 10.6 Å². The lowest BCUT2D eigenvalue weighted by molar-refractivity contribution is -0.122. The van der Waals surface area contributed by atoms with Gasteiger partial charge >= 0.3 is 0 Å². The average Bonchev–Trinajstić information content (AvgIpc) is 2.31. The largest absolute Gasteiger partial charge is 0.356 e. The molecule has 0 aliphatic carbocycles. The standard InChI is InChI=1S/C6H10N2O2S/c9-5-4(1-2-7-5)3-8-6(10)11/h4H,1-3H2,(H,7,9)(H2,8,10,11)/t4-/m0/s1. The van der Waals surface area contributed by atoms with E-state index in [4.69, 9.17) is 0 Å². The lowest BCUT2D eigenvalue weighted by Crippen LogP contribution is -2.30. The summed E-state index contributed by atoms with van der Waals surface area (Å²) < 4.78 is 0. The Labute approximate surface area is 70.1 Å². The Morgan fingerprint density at radius 2 is 2.55 bits per heavy atom. The summed E-state index contributed by atoms with van der Waals surface area (Å²) in [6.07, 6.45) is 0.799. The van der Waals surface area contributed by atoms with E-state index >= 15 is 0 Å². The van der Waals surface area contributed by atoms with Crippen LogP contribution in [0.15, 0.2) is 0 Å². The Kier molecular flexibility index (Phi) is 2.76. The lowest BCUT2D eigenvalue weighted by atomic mass is 10.1. The molecule has 0 bridgehead atoms. The number of carbonyl (C=O) groups is 2. The van der Waals surface area contributed by atoms with Crippen LogP contribution in [0.5, 0.6) is 0 Å². The zero-order valence-corrected chi connectivity index (χ0v) is 6.86. The van der Waals surface area contributed by atoms with Gasteiger partial charge in [-0.3, -0.25) is 9.59 Å². The van der Waals surface area contributed by atoms with Gasteiger partial charge in [-0.2, -0.15) is 0 Å². The van der Waals surface area contributed by atoms with Gasteiger partial charge in [-0.25, -0.2) is 0 Å². The van der Waals surface area contributed by atoms with Gasteiger partial charge in [0.1, 0.15) is 0 Å². The second kappa shape index (κ2) is 3.61. The van der Waals surface area contributed by atoms with Crippen LogP contribution in [0.1, 0.15) is 6.42 Å². The predicted molar refractivity (Wildman–Crippen MR) is 43.5 cm³/mol. The average molecular weight is 174 g/mol. The first-order valence-corrected chi connectivity index (χ1v) is 3.89. The molecule has 4 nitrogen and oxygen atoms in total. The number of hydrogen-bond donors (Lipinski definition) is 3. The van der Waals surface area contributed by atoms with E-state index in [-0.39, 0.29) is 17.1 Å². The van der Waals surface area contributed by atoms with E-state index in [2.05, 4.69) is 23.3 Å². The van der Waals surface area contributed by atoms with Gasteiger partial charge in [-0.1, -0.05) is 12.6 Å². The summed E-state index contributed by atoms with van der Waals surface area (Å²) in [5, 5.41) is 4.78. The number of thiol groups is 1. The molecule has 5 heteroatoms. The van der Waals surface area contributed by atoms with Gasteiger partial charge in [0.05, 0.1) is 5.92 Å². The van der Waals surface area contributed by atoms with Gasteiger partial charge in [0.15, 0.2) is 0 Å². The smallest absolute Gasteiger partial charge is 0.276 e. The van der Waals surface area contributed by atoms with Gasteiger partial charge in [-0.15, -0.1) is 0 Å². The fourth-order valence-corrected chi connectivity index (χ4v) is 1.14. The Bertz CT molecular complexity index is 183. The van der Waals surface area contributed by atoms with Crippen LogP contribution in [0, 0.1) is 5.92 Å². The van der Waals surface area contributed by atoms with Crippen molar-refractivity contribution in [2.45, 2.75) is 6.42 Å². The van der Waals surface area contributed by atoms with Crippen LogP contribution in [0.4, 0.5) is 4.79 Å². The van der Waals surface area contributed by atoms with Crippen LogP contribution in [-0.2, 0) is 4.79 Å². The molecule has 0 spiro atoms. The molecule has 0 aromatic heterocycles. The first-order valence-electron chi connectivity index (χ1n) is 3.44. The predicted octanol–water partition coefficient (Wildman–Crippen LogP) is -0.238. The van der Waals surface area contributed by atoms with Crippen LogP contribution in [0.2, 0.25) is 0 Å². The topological polar surface area (TPSA) is 58.2 Å². The van der Waals surface area contributed by atoms with Crippen molar-refractivity contribution in [1.82, 2.24) is 10.6 Å². The van der Waals surface area contributed by atoms with E-state index in [9.17, 15) is 9.59 Å². The third-order valence-electron chi connectivity index (χ3n) is 1.66. The Balaban J connectivity index is 2.26. The maximum absolute atomic E-state index is 10.9. The van der Waals surface area contributed by atoms with Gasteiger partial charge in [0.2, 0.25) is 5.91 Å². The van der Waals surface area contributed by atoms with Gasteiger partial charge < -0.3 is 10.6 Å². The molecule has 0 aromatic carbocycles. The molecule has 0 unspecified atom stereocenters. The Hall–Kier alpha value is -0.710. The number of nitrogens with one attached hydrogen (secondary N) is 2. The fraction of sp³-hybridized carbons (Fsp3) is 0.667. The minimum atomic E-state index is -0.385. The monoisotopic (exact) mass is 174 g/mol. The summed E-state index contributed by atoms with van der Waals surface area (Å²) in [5.74, 6) is -0.0433. The summed E-state index contributed by atoms with van der Waals surface area (Å²) in [5.41, 5.74) is 0. The normalized spacial score (nSPS) is 23.0. The highest BCUT2D eigenvalue weighted by Crippen LogP contribution is 2.07. The fourth-order valence-electron chi connectivity index (χ4n) is 1.05. The maximum atomic E-state index is 10.9. The second-order valence-corrected chi connectivity index (χ2v) is 2.87. The van der Waals surface area contributed by atoms with E-state index in [1.54, 1.807) is 0 Å². The number of rotatable bonds is 2. The van der Waals surface area contributed by atoms with Crippen LogP contribution in [0.25, 0.3) is 0 Å². The molecule has 0 saturated carbocycles.